The highest BCUT2D eigenvalue weighted by Crippen LogP contribution is 2.31. The first kappa shape index (κ1) is 29.8. The van der Waals surface area contributed by atoms with Crippen molar-refractivity contribution in [3.8, 4) is 16.9 Å². The van der Waals surface area contributed by atoms with Crippen LogP contribution in [-0.4, -0.2) is 30.8 Å². The molecule has 3 aromatic rings. The predicted molar refractivity (Wildman–Crippen MR) is 158 cm³/mol. The molecule has 0 aliphatic heterocycles. The van der Waals surface area contributed by atoms with Gasteiger partial charge in [-0.2, -0.15) is 0 Å². The van der Waals surface area contributed by atoms with Gasteiger partial charge in [-0.15, -0.1) is 0 Å². The van der Waals surface area contributed by atoms with Gasteiger partial charge in [0.1, 0.15) is 5.75 Å². The average molecular weight is 531 g/mol. The van der Waals surface area contributed by atoms with Crippen molar-refractivity contribution < 1.29 is 19.1 Å². The minimum absolute atomic E-state index is 0.127. The second-order valence-electron chi connectivity index (χ2n) is 10.1. The second-order valence-corrected chi connectivity index (χ2v) is 10.1. The summed E-state index contributed by atoms with van der Waals surface area (Å²) in [7, 11) is 0. The van der Waals surface area contributed by atoms with E-state index in [1.54, 1.807) is 32.9 Å². The molecular weight excluding hydrogens is 488 g/mol. The number of benzene rings is 3. The van der Waals surface area contributed by atoms with Crippen LogP contribution in [0.3, 0.4) is 0 Å². The van der Waals surface area contributed by atoms with E-state index in [2.05, 4.69) is 30.4 Å². The van der Waals surface area contributed by atoms with Crippen LogP contribution in [0.4, 0.5) is 10.5 Å². The molecule has 3 rings (SSSR count). The van der Waals surface area contributed by atoms with Crippen molar-refractivity contribution in [3.05, 3.63) is 84.4 Å². The Morgan fingerprint density at radius 2 is 1.49 bits per heavy atom. The van der Waals surface area contributed by atoms with Crippen LogP contribution in [0, 0.1) is 0 Å². The monoisotopic (exact) mass is 530 g/mol. The maximum Gasteiger partial charge on any atom is 0.349 e. The van der Waals surface area contributed by atoms with E-state index in [-0.39, 0.29) is 6.03 Å². The molecule has 0 saturated heterocycles. The Morgan fingerprint density at radius 3 is 2.18 bits per heavy atom. The van der Waals surface area contributed by atoms with Gasteiger partial charge in [0.15, 0.2) is 5.60 Å². The molecule has 39 heavy (non-hydrogen) atoms. The zero-order chi connectivity index (χ0) is 28.1. The van der Waals surface area contributed by atoms with Crippen molar-refractivity contribution in [1.82, 2.24) is 5.32 Å². The summed E-state index contributed by atoms with van der Waals surface area (Å²) in [5.41, 5.74) is 2.87. The number of ether oxygens (including phenoxy) is 2. The summed E-state index contributed by atoms with van der Waals surface area (Å²) < 4.78 is 10.9. The molecule has 0 atom stereocenters. The van der Waals surface area contributed by atoms with Crippen LogP contribution in [0.15, 0.2) is 78.9 Å². The lowest BCUT2D eigenvalue weighted by molar-refractivity contribution is -0.158. The highest BCUT2D eigenvalue weighted by atomic mass is 16.6. The number of nitrogens with zero attached hydrogens (tertiary/aromatic N) is 1. The number of unbranched alkanes of at least 4 members (excludes halogenated alkanes) is 4. The molecule has 0 aliphatic carbocycles. The van der Waals surface area contributed by atoms with E-state index in [9.17, 15) is 9.59 Å². The fourth-order valence-corrected chi connectivity index (χ4v) is 4.37. The predicted octanol–water partition coefficient (Wildman–Crippen LogP) is 7.76. The summed E-state index contributed by atoms with van der Waals surface area (Å²) in [6.45, 7) is 8.67. The summed E-state index contributed by atoms with van der Waals surface area (Å²) in [6.07, 6.45) is 5.61. The lowest BCUT2D eigenvalue weighted by Gasteiger charge is -2.26. The maximum absolute atomic E-state index is 13.6. The van der Waals surface area contributed by atoms with Crippen molar-refractivity contribution in [1.29, 1.82) is 0 Å². The first-order valence-corrected chi connectivity index (χ1v) is 14.0. The third-order valence-electron chi connectivity index (χ3n) is 6.52. The number of nitrogens with one attached hydrogen (secondary N) is 1. The quantitative estimate of drug-likeness (QED) is 0.171. The van der Waals surface area contributed by atoms with Gasteiger partial charge in [-0.1, -0.05) is 93.3 Å². The van der Waals surface area contributed by atoms with Crippen molar-refractivity contribution in [3.63, 3.8) is 0 Å². The van der Waals surface area contributed by atoms with E-state index in [4.69, 9.17) is 9.47 Å². The molecule has 0 radical (unpaired) electrons. The minimum atomic E-state index is -1.09. The molecule has 208 valence electrons. The van der Waals surface area contributed by atoms with Crippen LogP contribution >= 0.6 is 0 Å². The van der Waals surface area contributed by atoms with Crippen molar-refractivity contribution in [2.45, 2.75) is 71.9 Å². The van der Waals surface area contributed by atoms with Crippen LogP contribution in [-0.2, 0) is 16.1 Å². The van der Waals surface area contributed by atoms with E-state index in [1.807, 2.05) is 53.4 Å². The highest BCUT2D eigenvalue weighted by molar-refractivity contribution is 5.96. The van der Waals surface area contributed by atoms with Gasteiger partial charge in [0.2, 0.25) is 0 Å². The molecule has 0 bridgehead atoms. The Bertz CT molecular complexity index is 1180. The molecule has 6 nitrogen and oxygen atoms in total. The number of esters is 1. The standard InChI is InChI=1S/C33H42N2O4/c1-5-7-8-9-15-24-35(30-19-14-13-18-29(30)27-16-11-10-12-17-27)32(37)34-25-26-20-22-28(23-21-26)39-33(3,4)31(36)38-6-2/h10-14,16-23H,5-9,15,24-25H2,1-4H3,(H,34,37). The third-order valence-corrected chi connectivity index (χ3v) is 6.52. The number of rotatable bonds is 14. The molecule has 0 heterocycles. The third kappa shape index (κ3) is 8.88. The number of para-hydroxylation sites is 1. The number of carbonyl (C=O) groups excluding carboxylic acids is 2. The minimum Gasteiger partial charge on any atom is -0.476 e. The van der Waals surface area contributed by atoms with Gasteiger partial charge in [-0.05, 0) is 56.5 Å². The molecule has 0 unspecified atom stereocenters. The molecular formula is C33H42N2O4. The van der Waals surface area contributed by atoms with E-state index < -0.39 is 11.6 Å². The number of hydrogen-bond donors (Lipinski definition) is 1. The Morgan fingerprint density at radius 1 is 0.821 bits per heavy atom. The fraction of sp³-hybridized carbons (Fsp3) is 0.394. The van der Waals surface area contributed by atoms with Crippen molar-refractivity contribution >= 4 is 17.7 Å². The maximum atomic E-state index is 13.6. The van der Waals surface area contributed by atoms with Crippen LogP contribution < -0.4 is 15.0 Å². The molecule has 0 spiro atoms. The van der Waals surface area contributed by atoms with Crippen molar-refractivity contribution in [2.75, 3.05) is 18.1 Å². The summed E-state index contributed by atoms with van der Waals surface area (Å²) in [5.74, 6) is 0.153. The summed E-state index contributed by atoms with van der Waals surface area (Å²) in [5, 5.41) is 3.10. The molecule has 1 N–H and O–H groups in total. The Kier molecular flexibility index (Phi) is 11.4. The molecule has 3 aromatic carbocycles. The summed E-state index contributed by atoms with van der Waals surface area (Å²) >= 11 is 0. The lowest BCUT2D eigenvalue weighted by atomic mass is 10.0. The number of anilines is 1. The van der Waals surface area contributed by atoms with Crippen LogP contribution in [0.2, 0.25) is 0 Å². The van der Waals surface area contributed by atoms with E-state index in [1.165, 1.54) is 19.3 Å². The van der Waals surface area contributed by atoms with Crippen LogP contribution in [0.1, 0.15) is 65.4 Å². The topological polar surface area (TPSA) is 67.9 Å². The first-order chi connectivity index (χ1) is 18.9. The lowest BCUT2D eigenvalue weighted by Crippen LogP contribution is -2.40. The van der Waals surface area contributed by atoms with Crippen LogP contribution in [0.5, 0.6) is 5.75 Å². The SMILES string of the molecule is CCCCCCCN(C(=O)NCc1ccc(OC(C)(C)C(=O)OCC)cc1)c1ccccc1-c1ccccc1. The number of hydrogen-bond acceptors (Lipinski definition) is 4. The van der Waals surface area contributed by atoms with Gasteiger partial charge < -0.3 is 14.8 Å². The van der Waals surface area contributed by atoms with E-state index in [0.717, 1.165) is 35.2 Å². The Labute approximate surface area is 233 Å². The van der Waals surface area contributed by atoms with E-state index >= 15 is 0 Å². The summed E-state index contributed by atoms with van der Waals surface area (Å²) in [6, 6.07) is 25.5. The fourth-order valence-electron chi connectivity index (χ4n) is 4.37. The van der Waals surface area contributed by atoms with Crippen molar-refractivity contribution in [2.24, 2.45) is 0 Å². The first-order valence-electron chi connectivity index (χ1n) is 14.0. The van der Waals surface area contributed by atoms with Gasteiger partial charge in [0.05, 0.1) is 12.3 Å². The molecule has 0 saturated carbocycles. The van der Waals surface area contributed by atoms with Gasteiger partial charge in [-0.3, -0.25) is 4.90 Å². The molecule has 2 amide bonds. The van der Waals surface area contributed by atoms with Crippen LogP contribution in [0.25, 0.3) is 11.1 Å². The zero-order valence-corrected chi connectivity index (χ0v) is 23.7. The molecule has 0 aliphatic rings. The smallest absolute Gasteiger partial charge is 0.349 e. The molecule has 6 heteroatoms. The normalized spacial score (nSPS) is 11.1. The van der Waals surface area contributed by atoms with Gasteiger partial charge in [-0.25, -0.2) is 9.59 Å². The van der Waals surface area contributed by atoms with Gasteiger partial charge >= 0.3 is 12.0 Å². The summed E-state index contributed by atoms with van der Waals surface area (Å²) in [4.78, 5) is 27.6. The Balaban J connectivity index is 1.71. The molecule has 0 aromatic heterocycles. The van der Waals surface area contributed by atoms with E-state index in [0.29, 0.717) is 25.4 Å². The Hall–Kier alpha value is -3.80. The average Bonchev–Trinajstić information content (AvgIpc) is 2.95. The number of carbonyl (C=O) groups is 2. The largest absolute Gasteiger partial charge is 0.476 e. The second kappa shape index (κ2) is 15.0. The zero-order valence-electron chi connectivity index (χ0n) is 23.7. The number of urea groups is 1. The van der Waals surface area contributed by atoms with Gasteiger partial charge in [0, 0.05) is 18.7 Å². The highest BCUT2D eigenvalue weighted by Gasteiger charge is 2.31. The van der Waals surface area contributed by atoms with Gasteiger partial charge in [0.25, 0.3) is 0 Å². The number of amides is 2. The molecule has 0 fully saturated rings.